The molecule has 0 spiro atoms. The molecule has 2 aromatic rings. The molecule has 25 heavy (non-hydrogen) atoms. The minimum absolute atomic E-state index is 0.263. The third kappa shape index (κ3) is 5.50. The summed E-state index contributed by atoms with van der Waals surface area (Å²) >= 11 is 5.98. The number of esters is 1. The Morgan fingerprint density at radius 3 is 2.52 bits per heavy atom. The Balaban J connectivity index is 1.85. The topological polar surface area (TPSA) is 64.6 Å². The SMILES string of the molecule is CCc1ccccc1OCC(=O)OC(C)C(=O)Nc1ccccc1Cl. The summed E-state index contributed by atoms with van der Waals surface area (Å²) in [6.45, 7) is 3.23. The number of carbonyl (C=O) groups is 2. The van der Waals surface area contributed by atoms with E-state index in [1.54, 1.807) is 30.3 Å². The van der Waals surface area contributed by atoms with Crippen LogP contribution in [0, 0.1) is 0 Å². The number of carbonyl (C=O) groups excluding carboxylic acids is 2. The van der Waals surface area contributed by atoms with Crippen molar-refractivity contribution in [2.75, 3.05) is 11.9 Å². The second-order valence-electron chi connectivity index (χ2n) is 5.35. The maximum Gasteiger partial charge on any atom is 0.344 e. The number of hydrogen-bond acceptors (Lipinski definition) is 4. The normalized spacial score (nSPS) is 11.5. The smallest absolute Gasteiger partial charge is 0.344 e. The standard InChI is InChI=1S/C19H20ClNO4/c1-3-14-8-4-7-11-17(14)24-12-18(22)25-13(2)19(23)21-16-10-6-5-9-15(16)20/h4-11,13H,3,12H2,1-2H3,(H,21,23). The van der Waals surface area contributed by atoms with Gasteiger partial charge in [-0.25, -0.2) is 4.79 Å². The first-order valence-electron chi connectivity index (χ1n) is 7.96. The molecule has 0 saturated carbocycles. The van der Waals surface area contributed by atoms with E-state index in [4.69, 9.17) is 21.1 Å². The first-order chi connectivity index (χ1) is 12.0. The van der Waals surface area contributed by atoms with Gasteiger partial charge in [-0.3, -0.25) is 4.79 Å². The van der Waals surface area contributed by atoms with Gasteiger partial charge in [0.15, 0.2) is 12.7 Å². The summed E-state index contributed by atoms with van der Waals surface area (Å²) < 4.78 is 10.6. The molecule has 0 heterocycles. The van der Waals surface area contributed by atoms with Gasteiger partial charge in [-0.1, -0.05) is 48.9 Å². The number of halogens is 1. The lowest BCUT2D eigenvalue weighted by Gasteiger charge is -2.15. The van der Waals surface area contributed by atoms with Crippen molar-refractivity contribution in [3.8, 4) is 5.75 Å². The van der Waals surface area contributed by atoms with Crippen LogP contribution in [-0.2, 0) is 20.7 Å². The monoisotopic (exact) mass is 361 g/mol. The average Bonchev–Trinajstić information content (AvgIpc) is 2.62. The molecule has 1 atom stereocenters. The first kappa shape index (κ1) is 18.8. The van der Waals surface area contributed by atoms with Gasteiger partial charge >= 0.3 is 5.97 Å². The molecule has 132 valence electrons. The molecule has 0 aliphatic carbocycles. The van der Waals surface area contributed by atoms with Crippen molar-refractivity contribution in [1.82, 2.24) is 0 Å². The molecule has 1 unspecified atom stereocenters. The van der Waals surface area contributed by atoms with Gasteiger partial charge in [-0.15, -0.1) is 0 Å². The third-order valence-electron chi connectivity index (χ3n) is 3.51. The van der Waals surface area contributed by atoms with Gasteiger partial charge in [0.05, 0.1) is 10.7 Å². The maximum atomic E-state index is 12.1. The van der Waals surface area contributed by atoms with E-state index in [-0.39, 0.29) is 6.61 Å². The molecule has 0 radical (unpaired) electrons. The number of benzene rings is 2. The highest BCUT2D eigenvalue weighted by atomic mass is 35.5. The molecule has 0 bridgehead atoms. The summed E-state index contributed by atoms with van der Waals surface area (Å²) in [6.07, 6.45) is -0.171. The second-order valence-corrected chi connectivity index (χ2v) is 5.76. The predicted molar refractivity (Wildman–Crippen MR) is 97.0 cm³/mol. The van der Waals surface area contributed by atoms with Crippen LogP contribution in [0.15, 0.2) is 48.5 Å². The number of nitrogens with one attached hydrogen (secondary N) is 1. The Morgan fingerprint density at radius 2 is 1.80 bits per heavy atom. The molecule has 0 aromatic heterocycles. The van der Waals surface area contributed by atoms with Gasteiger partial charge in [0.25, 0.3) is 5.91 Å². The van der Waals surface area contributed by atoms with E-state index in [1.165, 1.54) is 6.92 Å². The van der Waals surface area contributed by atoms with Crippen molar-refractivity contribution in [1.29, 1.82) is 0 Å². The van der Waals surface area contributed by atoms with Crippen LogP contribution in [0.25, 0.3) is 0 Å². The van der Waals surface area contributed by atoms with Crippen LogP contribution in [-0.4, -0.2) is 24.6 Å². The van der Waals surface area contributed by atoms with Crippen LogP contribution < -0.4 is 10.1 Å². The molecule has 1 amide bonds. The van der Waals surface area contributed by atoms with E-state index in [9.17, 15) is 9.59 Å². The van der Waals surface area contributed by atoms with E-state index in [0.717, 1.165) is 12.0 Å². The van der Waals surface area contributed by atoms with E-state index >= 15 is 0 Å². The number of amides is 1. The third-order valence-corrected chi connectivity index (χ3v) is 3.84. The Bertz CT molecular complexity index is 748. The molecule has 0 aliphatic heterocycles. The Labute approximate surface area is 151 Å². The lowest BCUT2D eigenvalue weighted by molar-refractivity contribution is -0.155. The van der Waals surface area contributed by atoms with E-state index in [0.29, 0.717) is 16.5 Å². The van der Waals surface area contributed by atoms with Crippen LogP contribution in [0.2, 0.25) is 5.02 Å². The minimum atomic E-state index is -0.964. The lowest BCUT2D eigenvalue weighted by atomic mass is 10.1. The highest BCUT2D eigenvalue weighted by molar-refractivity contribution is 6.33. The summed E-state index contributed by atoms with van der Waals surface area (Å²) in [4.78, 5) is 24.0. The number of aryl methyl sites for hydroxylation is 1. The molecule has 0 aliphatic rings. The Kier molecular flexibility index (Phi) is 6.83. The van der Waals surface area contributed by atoms with Crippen LogP contribution >= 0.6 is 11.6 Å². The summed E-state index contributed by atoms with van der Waals surface area (Å²) in [5.74, 6) is -0.446. The van der Waals surface area contributed by atoms with Gasteiger partial charge in [-0.2, -0.15) is 0 Å². The summed E-state index contributed by atoms with van der Waals surface area (Å²) in [5.41, 5.74) is 1.46. The number of hydrogen-bond donors (Lipinski definition) is 1. The second kappa shape index (κ2) is 9.08. The highest BCUT2D eigenvalue weighted by Crippen LogP contribution is 2.21. The number of para-hydroxylation sites is 2. The van der Waals surface area contributed by atoms with Gasteiger partial charge in [0.1, 0.15) is 5.75 Å². The number of anilines is 1. The van der Waals surface area contributed by atoms with Gasteiger partial charge < -0.3 is 14.8 Å². The molecular weight excluding hydrogens is 342 g/mol. The summed E-state index contributed by atoms with van der Waals surface area (Å²) in [5, 5.41) is 3.03. The molecular formula is C19H20ClNO4. The molecule has 0 saturated heterocycles. The molecule has 5 nitrogen and oxygen atoms in total. The average molecular weight is 362 g/mol. The molecule has 2 rings (SSSR count). The lowest BCUT2D eigenvalue weighted by Crippen LogP contribution is -2.31. The highest BCUT2D eigenvalue weighted by Gasteiger charge is 2.19. The summed E-state index contributed by atoms with van der Waals surface area (Å²) in [6, 6.07) is 14.3. The molecule has 1 N–H and O–H groups in total. The van der Waals surface area contributed by atoms with Gasteiger partial charge in [-0.05, 0) is 37.1 Å². The predicted octanol–water partition coefficient (Wildman–Crippen LogP) is 3.85. The van der Waals surface area contributed by atoms with Crippen LogP contribution in [0.5, 0.6) is 5.75 Å². The van der Waals surface area contributed by atoms with Crippen molar-refractivity contribution in [2.45, 2.75) is 26.4 Å². The number of rotatable bonds is 7. The van der Waals surface area contributed by atoms with Crippen molar-refractivity contribution in [3.63, 3.8) is 0 Å². The van der Waals surface area contributed by atoms with E-state index in [1.807, 2.05) is 25.1 Å². The molecule has 2 aromatic carbocycles. The minimum Gasteiger partial charge on any atom is -0.482 e. The zero-order valence-corrected chi connectivity index (χ0v) is 14.9. The van der Waals surface area contributed by atoms with Crippen molar-refractivity contribution in [2.24, 2.45) is 0 Å². The van der Waals surface area contributed by atoms with Crippen molar-refractivity contribution in [3.05, 3.63) is 59.1 Å². The zero-order valence-electron chi connectivity index (χ0n) is 14.1. The zero-order chi connectivity index (χ0) is 18.2. The fourth-order valence-electron chi connectivity index (χ4n) is 2.16. The number of ether oxygens (including phenoxy) is 2. The van der Waals surface area contributed by atoms with E-state index < -0.39 is 18.0 Å². The fourth-order valence-corrected chi connectivity index (χ4v) is 2.34. The van der Waals surface area contributed by atoms with Crippen molar-refractivity contribution < 1.29 is 19.1 Å². The molecule has 0 fully saturated rings. The summed E-state index contributed by atoms with van der Waals surface area (Å²) in [7, 11) is 0. The fraction of sp³-hybridized carbons (Fsp3) is 0.263. The Morgan fingerprint density at radius 1 is 1.12 bits per heavy atom. The van der Waals surface area contributed by atoms with Gasteiger partial charge in [0, 0.05) is 0 Å². The van der Waals surface area contributed by atoms with Crippen molar-refractivity contribution >= 4 is 29.2 Å². The van der Waals surface area contributed by atoms with Gasteiger partial charge in [0.2, 0.25) is 0 Å². The van der Waals surface area contributed by atoms with Crippen LogP contribution in [0.4, 0.5) is 5.69 Å². The van der Waals surface area contributed by atoms with Crippen LogP contribution in [0.3, 0.4) is 0 Å². The largest absolute Gasteiger partial charge is 0.482 e. The quantitative estimate of drug-likeness (QED) is 0.761. The Hall–Kier alpha value is -2.53. The molecule has 6 heteroatoms. The maximum absolute atomic E-state index is 12.1. The first-order valence-corrected chi connectivity index (χ1v) is 8.34. The van der Waals surface area contributed by atoms with Crippen LogP contribution in [0.1, 0.15) is 19.4 Å². The van der Waals surface area contributed by atoms with E-state index in [2.05, 4.69) is 5.32 Å².